The topological polar surface area (TPSA) is 44.1 Å². The van der Waals surface area contributed by atoms with Gasteiger partial charge >= 0.3 is 0 Å². The second kappa shape index (κ2) is 9.19. The summed E-state index contributed by atoms with van der Waals surface area (Å²) in [5, 5.41) is 5.51. The van der Waals surface area contributed by atoms with Crippen LogP contribution in [-0.4, -0.2) is 23.2 Å². The number of benzene rings is 3. The number of aryl methyl sites for hydroxylation is 1. The van der Waals surface area contributed by atoms with Gasteiger partial charge in [0, 0.05) is 22.9 Å². The first-order chi connectivity index (χ1) is 15.1. The maximum Gasteiger partial charge on any atom is 0.127 e. The largest absolute Gasteiger partial charge is 0.497 e. The van der Waals surface area contributed by atoms with Gasteiger partial charge in [-0.25, -0.2) is 4.68 Å². The van der Waals surface area contributed by atoms with E-state index >= 15 is 0 Å². The number of ether oxygens (including phenoxy) is 1. The lowest BCUT2D eigenvalue weighted by atomic mass is 9.95. The van der Waals surface area contributed by atoms with E-state index in [1.54, 1.807) is 19.2 Å². The molecule has 1 heterocycles. The number of halogens is 1. The van der Waals surface area contributed by atoms with Gasteiger partial charge in [0.05, 0.1) is 24.2 Å². The molecule has 0 saturated carbocycles. The average molecular weight is 431 g/mol. The minimum Gasteiger partial charge on any atom is -0.497 e. The standard InChI is InChI=1S/C26H23ClN2O2/c1-18-3-5-20(6-4-18)26-16-23(15-21(17-30)19-7-9-22(27)10-8-19)28-29(26)24-11-13-25(31-2)14-12-24/h3-14,16-17,21H,15H2,1-2H3. The number of hydrogen-bond donors (Lipinski definition) is 0. The molecule has 0 bridgehead atoms. The molecule has 0 amide bonds. The van der Waals surface area contributed by atoms with E-state index in [2.05, 4.69) is 37.3 Å². The molecule has 1 atom stereocenters. The molecule has 0 radical (unpaired) electrons. The first-order valence-corrected chi connectivity index (χ1v) is 10.5. The fourth-order valence-corrected chi connectivity index (χ4v) is 3.69. The van der Waals surface area contributed by atoms with Crippen LogP contribution in [0.4, 0.5) is 0 Å². The van der Waals surface area contributed by atoms with Crippen molar-refractivity contribution in [1.29, 1.82) is 0 Å². The lowest BCUT2D eigenvalue weighted by molar-refractivity contribution is -0.109. The molecule has 0 fully saturated rings. The zero-order chi connectivity index (χ0) is 21.8. The van der Waals surface area contributed by atoms with Gasteiger partial charge in [0.1, 0.15) is 12.0 Å². The highest BCUT2D eigenvalue weighted by Crippen LogP contribution is 2.28. The van der Waals surface area contributed by atoms with Crippen molar-refractivity contribution < 1.29 is 9.53 Å². The van der Waals surface area contributed by atoms with Crippen molar-refractivity contribution >= 4 is 17.9 Å². The third kappa shape index (κ3) is 4.70. The Morgan fingerprint density at radius 2 is 1.68 bits per heavy atom. The molecule has 31 heavy (non-hydrogen) atoms. The molecule has 0 saturated heterocycles. The molecule has 0 aliphatic carbocycles. The van der Waals surface area contributed by atoms with E-state index in [1.807, 2.05) is 41.1 Å². The van der Waals surface area contributed by atoms with Crippen LogP contribution in [0.2, 0.25) is 5.02 Å². The monoisotopic (exact) mass is 430 g/mol. The second-order valence-corrected chi connectivity index (χ2v) is 7.93. The lowest BCUT2D eigenvalue weighted by Gasteiger charge is -2.09. The minimum atomic E-state index is -0.289. The Bertz CT molecular complexity index is 1160. The van der Waals surface area contributed by atoms with Crippen LogP contribution in [-0.2, 0) is 11.2 Å². The highest BCUT2D eigenvalue weighted by Gasteiger charge is 2.17. The summed E-state index contributed by atoms with van der Waals surface area (Å²) in [5.41, 5.74) is 5.93. The van der Waals surface area contributed by atoms with Crippen LogP contribution in [0.5, 0.6) is 5.75 Å². The molecule has 0 spiro atoms. The SMILES string of the molecule is COc1ccc(-n2nc(CC(C=O)c3ccc(Cl)cc3)cc2-c2ccc(C)cc2)cc1. The fraction of sp³-hybridized carbons (Fsp3) is 0.154. The van der Waals surface area contributed by atoms with Gasteiger partial charge < -0.3 is 9.53 Å². The Hall–Kier alpha value is -3.37. The summed E-state index contributed by atoms with van der Waals surface area (Å²) in [6, 6.07) is 25.6. The van der Waals surface area contributed by atoms with Crippen LogP contribution in [0.15, 0.2) is 78.9 Å². The van der Waals surface area contributed by atoms with Crippen molar-refractivity contribution in [2.45, 2.75) is 19.3 Å². The summed E-state index contributed by atoms with van der Waals surface area (Å²) >= 11 is 6.00. The molecule has 0 N–H and O–H groups in total. The zero-order valence-electron chi connectivity index (χ0n) is 17.5. The summed E-state index contributed by atoms with van der Waals surface area (Å²) in [6.45, 7) is 2.07. The van der Waals surface area contributed by atoms with Crippen molar-refractivity contribution in [3.63, 3.8) is 0 Å². The summed E-state index contributed by atoms with van der Waals surface area (Å²) in [7, 11) is 1.65. The molecule has 1 unspecified atom stereocenters. The van der Waals surface area contributed by atoms with E-state index in [-0.39, 0.29) is 5.92 Å². The van der Waals surface area contributed by atoms with Gasteiger partial charge in [0.25, 0.3) is 0 Å². The number of rotatable bonds is 7. The highest BCUT2D eigenvalue weighted by atomic mass is 35.5. The Balaban J connectivity index is 1.73. The summed E-state index contributed by atoms with van der Waals surface area (Å²) in [6.07, 6.45) is 1.48. The Labute approximate surface area is 187 Å². The van der Waals surface area contributed by atoms with Crippen molar-refractivity contribution in [3.05, 3.63) is 101 Å². The van der Waals surface area contributed by atoms with Gasteiger partial charge in [-0.1, -0.05) is 53.6 Å². The van der Waals surface area contributed by atoms with Crippen molar-refractivity contribution in [1.82, 2.24) is 9.78 Å². The molecular formula is C26H23ClN2O2. The number of aldehydes is 1. The Morgan fingerprint density at radius 3 is 2.29 bits per heavy atom. The van der Waals surface area contributed by atoms with Crippen LogP contribution in [0.25, 0.3) is 16.9 Å². The molecule has 0 aliphatic rings. The quantitative estimate of drug-likeness (QED) is 0.336. The molecule has 4 nitrogen and oxygen atoms in total. The van der Waals surface area contributed by atoms with Crippen LogP contribution in [0, 0.1) is 6.92 Å². The molecule has 0 aliphatic heterocycles. The van der Waals surface area contributed by atoms with Crippen LogP contribution in [0.3, 0.4) is 0 Å². The van der Waals surface area contributed by atoms with Crippen LogP contribution in [0.1, 0.15) is 22.7 Å². The van der Waals surface area contributed by atoms with E-state index in [0.29, 0.717) is 11.4 Å². The van der Waals surface area contributed by atoms with Gasteiger partial charge in [-0.05, 0) is 55.0 Å². The maximum absolute atomic E-state index is 11.9. The van der Waals surface area contributed by atoms with Crippen molar-refractivity contribution in [2.75, 3.05) is 7.11 Å². The summed E-state index contributed by atoms with van der Waals surface area (Å²) in [4.78, 5) is 11.9. The van der Waals surface area contributed by atoms with Gasteiger partial charge in [-0.2, -0.15) is 5.10 Å². The van der Waals surface area contributed by atoms with E-state index in [4.69, 9.17) is 21.4 Å². The average Bonchev–Trinajstić information content (AvgIpc) is 3.22. The third-order valence-electron chi connectivity index (χ3n) is 5.32. The predicted octanol–water partition coefficient (Wildman–Crippen LogP) is 6.03. The minimum absolute atomic E-state index is 0.289. The highest BCUT2D eigenvalue weighted by molar-refractivity contribution is 6.30. The number of hydrogen-bond acceptors (Lipinski definition) is 3. The first kappa shape index (κ1) is 20.9. The number of methoxy groups -OCH3 is 1. The molecule has 5 heteroatoms. The Kier molecular flexibility index (Phi) is 6.19. The molecule has 1 aromatic heterocycles. The van der Waals surface area contributed by atoms with Crippen molar-refractivity contribution in [2.24, 2.45) is 0 Å². The summed E-state index contributed by atoms with van der Waals surface area (Å²) in [5.74, 6) is 0.499. The number of carbonyl (C=O) groups is 1. The normalized spacial score (nSPS) is 11.8. The van der Waals surface area contributed by atoms with E-state index in [9.17, 15) is 4.79 Å². The summed E-state index contributed by atoms with van der Waals surface area (Å²) < 4.78 is 7.20. The third-order valence-corrected chi connectivity index (χ3v) is 5.57. The molecule has 4 aromatic rings. The lowest BCUT2D eigenvalue weighted by Crippen LogP contribution is -2.06. The van der Waals surface area contributed by atoms with Gasteiger partial charge in [-0.15, -0.1) is 0 Å². The zero-order valence-corrected chi connectivity index (χ0v) is 18.2. The fourth-order valence-electron chi connectivity index (χ4n) is 3.56. The van der Waals surface area contributed by atoms with Crippen molar-refractivity contribution in [3.8, 4) is 22.7 Å². The number of carbonyl (C=O) groups excluding carboxylic acids is 1. The van der Waals surface area contributed by atoms with Gasteiger partial charge in [0.15, 0.2) is 0 Å². The first-order valence-electron chi connectivity index (χ1n) is 10.1. The number of aromatic nitrogens is 2. The maximum atomic E-state index is 11.9. The molecule has 156 valence electrons. The van der Waals surface area contributed by atoms with E-state index in [1.165, 1.54) is 5.56 Å². The van der Waals surface area contributed by atoms with Crippen LogP contribution < -0.4 is 4.74 Å². The molecular weight excluding hydrogens is 408 g/mol. The van der Waals surface area contributed by atoms with Gasteiger partial charge in [-0.3, -0.25) is 0 Å². The predicted molar refractivity (Wildman–Crippen MR) is 124 cm³/mol. The smallest absolute Gasteiger partial charge is 0.127 e. The Morgan fingerprint density at radius 1 is 1.00 bits per heavy atom. The second-order valence-electron chi connectivity index (χ2n) is 7.50. The number of nitrogens with zero attached hydrogens (tertiary/aromatic N) is 2. The molecule has 4 rings (SSSR count). The van der Waals surface area contributed by atoms with Gasteiger partial charge in [0.2, 0.25) is 0 Å². The van der Waals surface area contributed by atoms with E-state index < -0.39 is 0 Å². The van der Waals surface area contributed by atoms with E-state index in [0.717, 1.165) is 40.2 Å². The van der Waals surface area contributed by atoms with Crippen LogP contribution >= 0.6 is 11.6 Å². The molecule has 3 aromatic carbocycles.